The molecule has 1 heterocycles. The van der Waals surface area contributed by atoms with Crippen molar-refractivity contribution in [2.24, 2.45) is 7.05 Å². The van der Waals surface area contributed by atoms with Crippen molar-refractivity contribution in [3.8, 4) is 0 Å². The third kappa shape index (κ3) is 2.68. The van der Waals surface area contributed by atoms with E-state index in [1.54, 1.807) is 16.8 Å². The molecular weight excluding hydrogens is 230 g/mol. The Hall–Kier alpha value is -2.30. The molecule has 0 spiro atoms. The maximum absolute atomic E-state index is 11.1. The Kier molecular flexibility index (Phi) is 3.32. The van der Waals surface area contributed by atoms with Crippen LogP contribution in [0.2, 0.25) is 0 Å². The van der Waals surface area contributed by atoms with Crippen LogP contribution >= 0.6 is 0 Å². The fourth-order valence-electron chi connectivity index (χ4n) is 1.73. The maximum atomic E-state index is 11.1. The Labute approximate surface area is 105 Å². The van der Waals surface area contributed by atoms with E-state index in [1.165, 1.54) is 0 Å². The van der Waals surface area contributed by atoms with E-state index in [0.29, 0.717) is 12.2 Å². The van der Waals surface area contributed by atoms with Crippen LogP contribution in [0, 0.1) is 6.92 Å². The first-order valence-electron chi connectivity index (χ1n) is 5.62. The molecule has 1 aromatic heterocycles. The van der Waals surface area contributed by atoms with Crippen molar-refractivity contribution in [1.82, 2.24) is 9.78 Å². The second-order valence-electron chi connectivity index (χ2n) is 4.19. The SMILES string of the molecule is Cc1ccc(C(=O)O)c(NCc2ccn(C)n2)c1. The fraction of sp³-hybridized carbons (Fsp3) is 0.231. The Balaban J connectivity index is 2.17. The summed E-state index contributed by atoms with van der Waals surface area (Å²) in [5.74, 6) is -0.932. The number of rotatable bonds is 4. The van der Waals surface area contributed by atoms with Gasteiger partial charge in [0.15, 0.2) is 0 Å². The van der Waals surface area contributed by atoms with E-state index in [4.69, 9.17) is 5.11 Å². The summed E-state index contributed by atoms with van der Waals surface area (Å²) in [6, 6.07) is 7.11. The number of hydrogen-bond donors (Lipinski definition) is 2. The van der Waals surface area contributed by atoms with Crippen LogP contribution in [0.3, 0.4) is 0 Å². The van der Waals surface area contributed by atoms with Gasteiger partial charge >= 0.3 is 5.97 Å². The lowest BCUT2D eigenvalue weighted by Gasteiger charge is -2.09. The number of benzene rings is 1. The van der Waals surface area contributed by atoms with Crippen LogP contribution in [0.4, 0.5) is 5.69 Å². The molecule has 2 aromatic rings. The molecule has 0 aliphatic carbocycles. The summed E-state index contributed by atoms with van der Waals surface area (Å²) in [5.41, 5.74) is 2.78. The predicted molar refractivity (Wildman–Crippen MR) is 68.7 cm³/mol. The molecule has 2 rings (SSSR count). The van der Waals surface area contributed by atoms with Crippen molar-refractivity contribution in [1.29, 1.82) is 0 Å². The number of aromatic nitrogens is 2. The van der Waals surface area contributed by atoms with Crippen LogP contribution in [0.15, 0.2) is 30.5 Å². The van der Waals surface area contributed by atoms with E-state index in [1.807, 2.05) is 32.3 Å². The Morgan fingerprint density at radius 1 is 1.44 bits per heavy atom. The van der Waals surface area contributed by atoms with Crippen LogP contribution in [0.1, 0.15) is 21.6 Å². The van der Waals surface area contributed by atoms with Crippen LogP contribution < -0.4 is 5.32 Å². The molecule has 0 fully saturated rings. The van der Waals surface area contributed by atoms with Gasteiger partial charge in [0.05, 0.1) is 17.8 Å². The zero-order chi connectivity index (χ0) is 13.1. The number of aryl methyl sites for hydroxylation is 2. The van der Waals surface area contributed by atoms with Gasteiger partial charge in [-0.15, -0.1) is 0 Å². The monoisotopic (exact) mass is 245 g/mol. The zero-order valence-electron chi connectivity index (χ0n) is 10.3. The van der Waals surface area contributed by atoms with E-state index in [0.717, 1.165) is 11.3 Å². The molecule has 0 saturated heterocycles. The summed E-state index contributed by atoms with van der Waals surface area (Å²) in [7, 11) is 1.85. The van der Waals surface area contributed by atoms with Gasteiger partial charge in [-0.25, -0.2) is 4.79 Å². The Bertz CT molecular complexity index is 575. The fourth-order valence-corrected chi connectivity index (χ4v) is 1.73. The molecular formula is C13H15N3O2. The normalized spacial score (nSPS) is 10.3. The molecule has 0 bridgehead atoms. The van der Waals surface area contributed by atoms with Crippen molar-refractivity contribution in [2.45, 2.75) is 13.5 Å². The topological polar surface area (TPSA) is 67.2 Å². The highest BCUT2D eigenvalue weighted by Gasteiger charge is 2.09. The maximum Gasteiger partial charge on any atom is 0.337 e. The summed E-state index contributed by atoms with van der Waals surface area (Å²) in [5, 5.41) is 16.4. The minimum Gasteiger partial charge on any atom is -0.478 e. The Morgan fingerprint density at radius 3 is 2.83 bits per heavy atom. The molecule has 0 saturated carbocycles. The highest BCUT2D eigenvalue weighted by atomic mass is 16.4. The van der Waals surface area contributed by atoms with Gasteiger partial charge in [-0.3, -0.25) is 4.68 Å². The lowest BCUT2D eigenvalue weighted by atomic mass is 10.1. The second kappa shape index (κ2) is 4.91. The molecule has 0 amide bonds. The van der Waals surface area contributed by atoms with Gasteiger partial charge in [0.25, 0.3) is 0 Å². The molecule has 5 heteroatoms. The molecule has 18 heavy (non-hydrogen) atoms. The largest absolute Gasteiger partial charge is 0.478 e. The van der Waals surface area contributed by atoms with Crippen molar-refractivity contribution in [2.75, 3.05) is 5.32 Å². The number of carboxylic acids is 1. The van der Waals surface area contributed by atoms with Gasteiger partial charge in [0.1, 0.15) is 0 Å². The van der Waals surface area contributed by atoms with Crippen LogP contribution in [0.5, 0.6) is 0 Å². The van der Waals surface area contributed by atoms with E-state index in [-0.39, 0.29) is 5.56 Å². The highest BCUT2D eigenvalue weighted by Crippen LogP contribution is 2.18. The van der Waals surface area contributed by atoms with Gasteiger partial charge in [-0.2, -0.15) is 5.10 Å². The summed E-state index contributed by atoms with van der Waals surface area (Å²) in [6.45, 7) is 2.43. The van der Waals surface area contributed by atoms with E-state index >= 15 is 0 Å². The molecule has 0 unspecified atom stereocenters. The quantitative estimate of drug-likeness (QED) is 0.865. The van der Waals surface area contributed by atoms with Gasteiger partial charge in [0.2, 0.25) is 0 Å². The average Bonchev–Trinajstić information content (AvgIpc) is 2.72. The number of hydrogen-bond acceptors (Lipinski definition) is 3. The highest BCUT2D eigenvalue weighted by molar-refractivity contribution is 5.94. The minimum absolute atomic E-state index is 0.275. The molecule has 2 N–H and O–H groups in total. The number of aromatic carboxylic acids is 1. The molecule has 94 valence electrons. The summed E-state index contributed by atoms with van der Waals surface area (Å²) in [6.07, 6.45) is 1.85. The van der Waals surface area contributed by atoms with Crippen molar-refractivity contribution >= 4 is 11.7 Å². The summed E-state index contributed by atoms with van der Waals surface area (Å²) >= 11 is 0. The van der Waals surface area contributed by atoms with Crippen LogP contribution in [-0.4, -0.2) is 20.9 Å². The average molecular weight is 245 g/mol. The molecule has 5 nitrogen and oxygen atoms in total. The molecule has 0 aliphatic rings. The van der Waals surface area contributed by atoms with Crippen molar-refractivity contribution < 1.29 is 9.90 Å². The smallest absolute Gasteiger partial charge is 0.337 e. The number of nitrogens with one attached hydrogen (secondary N) is 1. The minimum atomic E-state index is -0.932. The molecule has 0 aliphatic heterocycles. The standard InChI is InChI=1S/C13H15N3O2/c1-9-3-4-11(13(17)18)12(7-9)14-8-10-5-6-16(2)15-10/h3-7,14H,8H2,1-2H3,(H,17,18). The number of nitrogens with zero attached hydrogens (tertiary/aromatic N) is 2. The third-order valence-electron chi connectivity index (χ3n) is 2.63. The molecule has 0 radical (unpaired) electrons. The molecule has 0 atom stereocenters. The first-order chi connectivity index (χ1) is 8.56. The zero-order valence-corrected chi connectivity index (χ0v) is 10.3. The number of carbonyl (C=O) groups is 1. The van der Waals surface area contributed by atoms with E-state index < -0.39 is 5.97 Å². The van der Waals surface area contributed by atoms with E-state index in [2.05, 4.69) is 10.4 Å². The van der Waals surface area contributed by atoms with Gasteiger partial charge in [0, 0.05) is 18.9 Å². The molecule has 1 aromatic carbocycles. The predicted octanol–water partition coefficient (Wildman–Crippen LogP) is 2.04. The van der Waals surface area contributed by atoms with Crippen molar-refractivity contribution in [3.05, 3.63) is 47.3 Å². The first-order valence-corrected chi connectivity index (χ1v) is 5.62. The van der Waals surface area contributed by atoms with Gasteiger partial charge in [-0.1, -0.05) is 6.07 Å². The number of carboxylic acid groups (broad SMARTS) is 1. The number of anilines is 1. The van der Waals surface area contributed by atoms with Crippen LogP contribution in [-0.2, 0) is 13.6 Å². The second-order valence-corrected chi connectivity index (χ2v) is 4.19. The summed E-state index contributed by atoms with van der Waals surface area (Å²) < 4.78 is 1.71. The van der Waals surface area contributed by atoms with Gasteiger partial charge in [-0.05, 0) is 30.7 Å². The third-order valence-corrected chi connectivity index (χ3v) is 2.63. The van der Waals surface area contributed by atoms with Crippen LogP contribution in [0.25, 0.3) is 0 Å². The lowest BCUT2D eigenvalue weighted by molar-refractivity contribution is 0.0698. The van der Waals surface area contributed by atoms with Crippen molar-refractivity contribution in [3.63, 3.8) is 0 Å². The van der Waals surface area contributed by atoms with E-state index in [9.17, 15) is 4.79 Å². The lowest BCUT2D eigenvalue weighted by Crippen LogP contribution is -2.07. The Morgan fingerprint density at radius 2 is 2.22 bits per heavy atom. The summed E-state index contributed by atoms with van der Waals surface area (Å²) in [4.78, 5) is 11.1. The first kappa shape index (κ1) is 12.2. The van der Waals surface area contributed by atoms with Gasteiger partial charge < -0.3 is 10.4 Å².